The van der Waals surface area contributed by atoms with E-state index >= 15 is 0 Å². The number of ketones is 1. The van der Waals surface area contributed by atoms with Crippen molar-refractivity contribution in [2.24, 2.45) is 17.3 Å². The van der Waals surface area contributed by atoms with Crippen LogP contribution in [0, 0.1) is 24.2 Å². The molecule has 0 aliphatic rings. The first-order chi connectivity index (χ1) is 15.4. The molecule has 1 heterocycles. The summed E-state index contributed by atoms with van der Waals surface area (Å²) in [5, 5.41) is 12.9. The van der Waals surface area contributed by atoms with Gasteiger partial charge in [0.1, 0.15) is 0 Å². The van der Waals surface area contributed by atoms with Crippen LogP contribution in [0.1, 0.15) is 58.5 Å². The topological polar surface area (TPSA) is 145 Å². The average molecular weight is 497 g/mol. The molecule has 0 aliphatic carbocycles. The second-order valence-electron chi connectivity index (χ2n) is 9.94. The monoisotopic (exact) mass is 496 g/mol. The number of nitrogens with zero attached hydrogens (tertiary/aromatic N) is 1. The molecule has 2 aromatic rings. The number of rotatable bonds is 12. The van der Waals surface area contributed by atoms with Crippen molar-refractivity contribution in [2.45, 2.75) is 73.6 Å². The Labute approximate surface area is 206 Å². The molecular formula is C24H40N4O5S. The van der Waals surface area contributed by atoms with Crippen molar-refractivity contribution < 1.29 is 24.4 Å². The molecule has 3 atom stereocenters. The van der Waals surface area contributed by atoms with Gasteiger partial charge in [0, 0.05) is 0 Å². The molecule has 10 heteroatoms. The van der Waals surface area contributed by atoms with E-state index in [1.54, 1.807) is 17.0 Å². The molecule has 0 saturated carbocycles. The van der Waals surface area contributed by atoms with E-state index in [-0.39, 0.29) is 37.0 Å². The lowest BCUT2D eigenvalue weighted by Crippen LogP contribution is -2.52. The summed E-state index contributed by atoms with van der Waals surface area (Å²) in [4.78, 5) is 35.1. The van der Waals surface area contributed by atoms with Crippen LogP contribution in [0.3, 0.4) is 0 Å². The molecule has 2 rings (SSSR count). The van der Waals surface area contributed by atoms with E-state index in [1.807, 2.05) is 59.7 Å². The highest BCUT2D eigenvalue weighted by molar-refractivity contribution is 7.18. The number of aromatic nitrogens is 1. The Morgan fingerprint density at radius 1 is 1.24 bits per heavy atom. The molecule has 0 aliphatic heterocycles. The number of carbonyl (C=O) groups excluding carboxylic acids is 2. The number of nitrogens with one attached hydrogen (secondary N) is 2. The molecule has 0 spiro atoms. The van der Waals surface area contributed by atoms with E-state index in [0.717, 1.165) is 20.8 Å². The molecule has 1 amide bonds. The second-order valence-corrected chi connectivity index (χ2v) is 11.2. The number of Topliss-reactive ketones (excluding diaryl/α,β-unsaturated/α-hetero) is 1. The van der Waals surface area contributed by atoms with Gasteiger partial charge in [-0.05, 0) is 49.3 Å². The summed E-state index contributed by atoms with van der Waals surface area (Å²) < 4.78 is 7.26. The van der Waals surface area contributed by atoms with Crippen molar-refractivity contribution in [2.75, 3.05) is 6.61 Å². The van der Waals surface area contributed by atoms with Crippen molar-refractivity contribution in [3.05, 3.63) is 28.8 Å². The average Bonchev–Trinajstić information content (AvgIpc) is 3.08. The Hall–Kier alpha value is -1.95. The van der Waals surface area contributed by atoms with Crippen LogP contribution >= 0.6 is 11.3 Å². The molecule has 9 nitrogen and oxygen atoms in total. The van der Waals surface area contributed by atoms with E-state index in [9.17, 15) is 9.59 Å². The molecule has 0 fully saturated rings. The van der Waals surface area contributed by atoms with Crippen molar-refractivity contribution in [3.8, 4) is 0 Å². The van der Waals surface area contributed by atoms with Crippen molar-refractivity contribution in [3.63, 3.8) is 0 Å². The van der Waals surface area contributed by atoms with Crippen LogP contribution in [0.2, 0.25) is 0 Å². The summed E-state index contributed by atoms with van der Waals surface area (Å²) in [6, 6.07) is 5.35. The summed E-state index contributed by atoms with van der Waals surface area (Å²) in [6.45, 7) is 13.5. The molecule has 1 unspecified atom stereocenters. The fourth-order valence-corrected chi connectivity index (χ4v) is 4.70. The number of amides is 1. The first-order valence-corrected chi connectivity index (χ1v) is 12.0. The number of fused-ring (bicyclic) bond motifs is 1. The zero-order chi connectivity index (χ0) is 24.8. The van der Waals surface area contributed by atoms with Crippen molar-refractivity contribution in [1.29, 1.82) is 0 Å². The van der Waals surface area contributed by atoms with Gasteiger partial charge in [0.05, 0.1) is 46.5 Å². The van der Waals surface area contributed by atoms with Gasteiger partial charge in [-0.2, -0.15) is 0 Å². The molecule has 34 heavy (non-hydrogen) atoms. The summed E-state index contributed by atoms with van der Waals surface area (Å²) in [5.41, 5.74) is 3.09. The molecule has 0 bridgehead atoms. The van der Waals surface area contributed by atoms with Gasteiger partial charge >= 0.3 is 0 Å². The van der Waals surface area contributed by atoms with Crippen LogP contribution in [-0.2, 0) is 25.8 Å². The first kappa shape index (κ1) is 30.1. The number of hydrogen-bond acceptors (Lipinski definition) is 9. The van der Waals surface area contributed by atoms with Crippen LogP contribution < -0.4 is 17.1 Å². The van der Waals surface area contributed by atoms with Crippen LogP contribution in [0.5, 0.6) is 0 Å². The molecule has 0 radical (unpaired) electrons. The van der Waals surface area contributed by atoms with Crippen molar-refractivity contribution >= 4 is 33.2 Å². The lowest BCUT2D eigenvalue weighted by Gasteiger charge is -2.33. The standard InChI is InChI=1S/C24H37N3O5S.H3N/c1-14(2)10-18(23(29)26-22(15(3)28)24(5,6)7)20(13-32-27-30)31-12-17-8-9-21-19(11-17)25-16(4)33-21;/h8-9,11,14,18,20,22,27,30H,10,12-13H2,1-7H3,(H,26,29);1H3/t18-,20?,22-;/m1./s1. The Morgan fingerprint density at radius 3 is 2.47 bits per heavy atom. The van der Waals surface area contributed by atoms with Gasteiger partial charge in [-0.3, -0.25) is 19.6 Å². The van der Waals surface area contributed by atoms with Gasteiger partial charge in [0.15, 0.2) is 5.78 Å². The fourth-order valence-electron chi connectivity index (χ4n) is 3.89. The third-order valence-electron chi connectivity index (χ3n) is 5.41. The molecule has 192 valence electrons. The second kappa shape index (κ2) is 13.2. The van der Waals surface area contributed by atoms with Crippen LogP contribution in [0.4, 0.5) is 0 Å². The molecular weight excluding hydrogens is 456 g/mol. The lowest BCUT2D eigenvalue weighted by atomic mass is 9.83. The van der Waals surface area contributed by atoms with Crippen molar-refractivity contribution in [1.82, 2.24) is 22.1 Å². The molecule has 1 aromatic heterocycles. The fraction of sp³-hybridized carbons (Fsp3) is 0.625. The predicted molar refractivity (Wildman–Crippen MR) is 134 cm³/mol. The summed E-state index contributed by atoms with van der Waals surface area (Å²) in [5.74, 6) is -0.742. The lowest BCUT2D eigenvalue weighted by molar-refractivity contribution is -0.170. The van der Waals surface area contributed by atoms with E-state index in [2.05, 4.69) is 10.3 Å². The van der Waals surface area contributed by atoms with E-state index in [4.69, 9.17) is 14.8 Å². The number of ether oxygens (including phenoxy) is 1. The Bertz CT molecular complexity index is 941. The van der Waals surface area contributed by atoms with Gasteiger partial charge in [-0.25, -0.2) is 4.98 Å². The number of hydrogen-bond donors (Lipinski definition) is 4. The maximum absolute atomic E-state index is 13.3. The largest absolute Gasteiger partial charge is 0.370 e. The first-order valence-electron chi connectivity index (χ1n) is 11.2. The maximum Gasteiger partial charge on any atom is 0.226 e. The highest BCUT2D eigenvalue weighted by atomic mass is 32.1. The maximum atomic E-state index is 13.3. The van der Waals surface area contributed by atoms with Gasteiger partial charge in [-0.15, -0.1) is 11.3 Å². The molecule has 1 aromatic carbocycles. The van der Waals surface area contributed by atoms with Gasteiger partial charge in [-0.1, -0.05) is 46.3 Å². The number of thiazole rings is 1. The smallest absolute Gasteiger partial charge is 0.226 e. The van der Waals surface area contributed by atoms with Gasteiger partial charge in [0.25, 0.3) is 0 Å². The SMILES string of the molecule is CC(=O)[C@@H](NC(=O)[C@H](CC(C)C)C(CONO)OCc1ccc2sc(C)nc2c1)C(C)(C)C.N. The minimum absolute atomic E-state index is 0. The number of benzene rings is 1. The van der Waals surface area contributed by atoms with E-state index in [1.165, 1.54) is 6.92 Å². The molecule has 0 saturated heterocycles. The third kappa shape index (κ3) is 8.68. The Kier molecular flexibility index (Phi) is 11.7. The normalized spacial score (nSPS) is 14.5. The Morgan fingerprint density at radius 2 is 1.91 bits per heavy atom. The highest BCUT2D eigenvalue weighted by Crippen LogP contribution is 2.26. The van der Waals surface area contributed by atoms with E-state index in [0.29, 0.717) is 6.42 Å². The summed E-state index contributed by atoms with van der Waals surface area (Å²) in [6.07, 6.45) is -0.114. The zero-order valence-corrected chi connectivity index (χ0v) is 22.1. The van der Waals surface area contributed by atoms with Crippen LogP contribution in [0.15, 0.2) is 18.2 Å². The Balaban J connectivity index is 0.00000578. The van der Waals surface area contributed by atoms with Gasteiger partial charge < -0.3 is 16.2 Å². The molecule has 6 N–H and O–H groups in total. The minimum Gasteiger partial charge on any atom is -0.370 e. The predicted octanol–water partition coefficient (Wildman–Crippen LogP) is 4.34. The van der Waals surface area contributed by atoms with Gasteiger partial charge in [0.2, 0.25) is 5.91 Å². The highest BCUT2D eigenvalue weighted by Gasteiger charge is 2.36. The summed E-state index contributed by atoms with van der Waals surface area (Å²) in [7, 11) is 0. The number of carbonyl (C=O) groups is 2. The van der Waals surface area contributed by atoms with Crippen LogP contribution in [-0.4, -0.2) is 40.6 Å². The minimum atomic E-state index is -0.646. The van der Waals surface area contributed by atoms with Crippen LogP contribution in [0.25, 0.3) is 10.2 Å². The number of aryl methyl sites for hydroxylation is 1. The quantitative estimate of drug-likeness (QED) is 0.317. The zero-order valence-electron chi connectivity index (χ0n) is 21.3. The third-order valence-corrected chi connectivity index (χ3v) is 6.36. The summed E-state index contributed by atoms with van der Waals surface area (Å²) >= 11 is 1.63. The van der Waals surface area contributed by atoms with E-state index < -0.39 is 23.5 Å².